The van der Waals surface area contributed by atoms with Crippen molar-refractivity contribution in [3.8, 4) is 5.75 Å². The molecule has 0 amide bonds. The van der Waals surface area contributed by atoms with Crippen LogP contribution in [0, 0.1) is 5.92 Å². The van der Waals surface area contributed by atoms with Crippen LogP contribution in [0.1, 0.15) is 36.9 Å². The summed E-state index contributed by atoms with van der Waals surface area (Å²) in [4.78, 5) is 12.3. The van der Waals surface area contributed by atoms with Crippen molar-refractivity contribution in [2.45, 2.75) is 27.2 Å². The number of hydrogen-bond acceptors (Lipinski definition) is 5. The van der Waals surface area contributed by atoms with Crippen LogP contribution in [0.4, 0.5) is 10.7 Å². The van der Waals surface area contributed by atoms with E-state index in [0.717, 1.165) is 11.5 Å². The van der Waals surface area contributed by atoms with E-state index in [1.807, 2.05) is 6.92 Å². The summed E-state index contributed by atoms with van der Waals surface area (Å²) in [7, 11) is 1.57. The van der Waals surface area contributed by atoms with Crippen LogP contribution in [0.2, 0.25) is 0 Å². The lowest BCUT2D eigenvalue weighted by Crippen LogP contribution is -2.07. The van der Waals surface area contributed by atoms with E-state index in [1.54, 1.807) is 7.11 Å². The lowest BCUT2D eigenvalue weighted by atomic mass is 10.2. The average molecular weight is 256 g/mol. The van der Waals surface area contributed by atoms with Crippen LogP contribution in [-0.4, -0.2) is 19.4 Å². The van der Waals surface area contributed by atoms with Crippen molar-refractivity contribution in [1.82, 2.24) is 0 Å². The lowest BCUT2D eigenvalue weighted by molar-refractivity contribution is 0.0992. The second kappa shape index (κ2) is 5.91. The number of carbonyl (C=O) groups is 1. The largest absolute Gasteiger partial charge is 0.492 e. The van der Waals surface area contributed by atoms with Crippen LogP contribution in [0.3, 0.4) is 0 Å². The minimum Gasteiger partial charge on any atom is -0.492 e. The highest BCUT2D eigenvalue weighted by Crippen LogP contribution is 2.42. The number of nitrogens with one attached hydrogen (secondary N) is 1. The van der Waals surface area contributed by atoms with Gasteiger partial charge >= 0.3 is 0 Å². The number of Topliss-reactive ketones (excluding diaryl/α,β-unsaturated/α-hetero) is 1. The Morgan fingerprint density at radius 1 is 1.53 bits per heavy atom. The van der Waals surface area contributed by atoms with Crippen molar-refractivity contribution in [3.05, 3.63) is 4.88 Å². The van der Waals surface area contributed by atoms with Crippen LogP contribution in [0.5, 0.6) is 5.75 Å². The van der Waals surface area contributed by atoms with E-state index in [4.69, 9.17) is 10.5 Å². The normalized spacial score (nSPS) is 10.6. The fraction of sp³-hybridized carbons (Fsp3) is 0.583. The van der Waals surface area contributed by atoms with Crippen LogP contribution in [0.15, 0.2) is 0 Å². The van der Waals surface area contributed by atoms with Gasteiger partial charge in [-0.25, -0.2) is 0 Å². The van der Waals surface area contributed by atoms with Gasteiger partial charge in [-0.2, -0.15) is 0 Å². The summed E-state index contributed by atoms with van der Waals surface area (Å²) >= 11 is 1.37. The molecule has 0 aromatic carbocycles. The van der Waals surface area contributed by atoms with Gasteiger partial charge in [0.2, 0.25) is 0 Å². The van der Waals surface area contributed by atoms with E-state index in [0.29, 0.717) is 28.7 Å². The Bertz CT molecular complexity index is 399. The molecule has 0 spiro atoms. The Hall–Kier alpha value is -1.23. The average Bonchev–Trinajstić information content (AvgIpc) is 2.62. The first-order chi connectivity index (χ1) is 8.01. The Morgan fingerprint density at radius 2 is 2.18 bits per heavy atom. The summed E-state index contributed by atoms with van der Waals surface area (Å²) in [6, 6.07) is 0. The summed E-state index contributed by atoms with van der Waals surface area (Å²) in [6.45, 7) is 6.90. The zero-order valence-electron chi connectivity index (χ0n) is 10.8. The summed E-state index contributed by atoms with van der Waals surface area (Å²) in [6.07, 6.45) is 0.456. The van der Waals surface area contributed by atoms with Crippen molar-refractivity contribution in [2.24, 2.45) is 5.92 Å². The molecule has 0 aliphatic rings. The molecule has 3 N–H and O–H groups in total. The second-order valence-electron chi connectivity index (χ2n) is 4.26. The monoisotopic (exact) mass is 256 g/mol. The van der Waals surface area contributed by atoms with Gasteiger partial charge in [0, 0.05) is 13.0 Å². The molecule has 0 unspecified atom stereocenters. The number of methoxy groups -OCH3 is 1. The summed E-state index contributed by atoms with van der Waals surface area (Å²) < 4.78 is 5.25. The zero-order valence-corrected chi connectivity index (χ0v) is 11.6. The number of nitrogen functional groups attached to an aromatic ring is 1. The Balaban J connectivity index is 3.00. The summed E-state index contributed by atoms with van der Waals surface area (Å²) in [5, 5.41) is 4.11. The topological polar surface area (TPSA) is 64.3 Å². The fourth-order valence-corrected chi connectivity index (χ4v) is 2.52. The number of thiophene rings is 1. The molecule has 0 bridgehead atoms. The number of anilines is 2. The molecule has 0 saturated heterocycles. The summed E-state index contributed by atoms with van der Waals surface area (Å²) in [5.41, 5.74) is 6.38. The van der Waals surface area contributed by atoms with Crippen LogP contribution in [-0.2, 0) is 0 Å². The molecular weight excluding hydrogens is 236 g/mol. The number of carbonyl (C=O) groups excluding carboxylic acids is 1. The molecule has 0 atom stereocenters. The predicted molar refractivity (Wildman–Crippen MR) is 73.2 cm³/mol. The van der Waals surface area contributed by atoms with Crippen molar-refractivity contribution in [2.75, 3.05) is 24.7 Å². The zero-order chi connectivity index (χ0) is 13.0. The highest BCUT2D eigenvalue weighted by atomic mass is 32.1. The van der Waals surface area contributed by atoms with Gasteiger partial charge in [-0.1, -0.05) is 20.8 Å². The summed E-state index contributed by atoms with van der Waals surface area (Å²) in [5.74, 6) is 1.17. The first-order valence-corrected chi connectivity index (χ1v) is 6.56. The number of ether oxygens (including phenoxy) is 1. The first kappa shape index (κ1) is 13.8. The highest BCUT2D eigenvalue weighted by Gasteiger charge is 2.20. The third-order valence-electron chi connectivity index (χ3n) is 2.35. The molecule has 1 heterocycles. The van der Waals surface area contributed by atoms with Gasteiger partial charge in [0.05, 0.1) is 17.7 Å². The molecule has 0 aliphatic heterocycles. The Kier molecular flexibility index (Phi) is 4.81. The van der Waals surface area contributed by atoms with Gasteiger partial charge < -0.3 is 15.8 Å². The molecule has 1 aromatic rings. The number of nitrogens with two attached hydrogens (primary N) is 1. The molecular formula is C12H20N2O2S. The van der Waals surface area contributed by atoms with Gasteiger partial charge in [-0.3, -0.25) is 4.79 Å². The van der Waals surface area contributed by atoms with Gasteiger partial charge in [0.25, 0.3) is 0 Å². The maximum Gasteiger partial charge on any atom is 0.176 e. The molecule has 1 aromatic heterocycles. The molecule has 0 fully saturated rings. The minimum atomic E-state index is 0.0587. The first-order valence-electron chi connectivity index (χ1n) is 5.74. The van der Waals surface area contributed by atoms with Crippen molar-refractivity contribution in [1.29, 1.82) is 0 Å². The van der Waals surface area contributed by atoms with Gasteiger partial charge in [-0.15, -0.1) is 11.3 Å². The molecule has 0 radical (unpaired) electrons. The molecule has 1 rings (SSSR count). The fourth-order valence-electron chi connectivity index (χ4n) is 1.41. The van der Waals surface area contributed by atoms with Gasteiger partial charge in [0.1, 0.15) is 5.00 Å². The molecule has 0 aliphatic carbocycles. The predicted octanol–water partition coefficient (Wildman–Crippen LogP) is 3.00. The molecule has 17 heavy (non-hydrogen) atoms. The smallest absolute Gasteiger partial charge is 0.176 e. The van der Waals surface area contributed by atoms with Crippen molar-refractivity contribution in [3.63, 3.8) is 0 Å². The van der Waals surface area contributed by atoms with Crippen molar-refractivity contribution >= 4 is 27.8 Å². The molecule has 0 saturated carbocycles. The van der Waals surface area contributed by atoms with E-state index in [2.05, 4.69) is 19.2 Å². The van der Waals surface area contributed by atoms with Gasteiger partial charge in [0.15, 0.2) is 11.5 Å². The SMILES string of the molecule is CCC(=O)c1sc(NCC(C)C)c(OC)c1N. The van der Waals surface area contributed by atoms with E-state index in [-0.39, 0.29) is 5.78 Å². The van der Waals surface area contributed by atoms with E-state index in [1.165, 1.54) is 11.3 Å². The van der Waals surface area contributed by atoms with E-state index in [9.17, 15) is 4.79 Å². The molecule has 5 heteroatoms. The minimum absolute atomic E-state index is 0.0587. The highest BCUT2D eigenvalue weighted by molar-refractivity contribution is 7.19. The standard InChI is InChI=1S/C12H20N2O2S/c1-5-8(15)11-9(13)10(16-4)12(17-11)14-6-7(2)3/h7,14H,5-6,13H2,1-4H3. The van der Waals surface area contributed by atoms with Crippen LogP contribution < -0.4 is 15.8 Å². The number of hydrogen-bond donors (Lipinski definition) is 2. The maximum absolute atomic E-state index is 11.7. The maximum atomic E-state index is 11.7. The number of rotatable bonds is 6. The number of ketones is 1. The van der Waals surface area contributed by atoms with E-state index < -0.39 is 0 Å². The Labute approximate surface area is 106 Å². The van der Waals surface area contributed by atoms with Gasteiger partial charge in [-0.05, 0) is 5.92 Å². The van der Waals surface area contributed by atoms with Crippen molar-refractivity contribution < 1.29 is 9.53 Å². The van der Waals surface area contributed by atoms with E-state index >= 15 is 0 Å². The third kappa shape index (κ3) is 3.12. The quantitative estimate of drug-likeness (QED) is 0.768. The second-order valence-corrected chi connectivity index (χ2v) is 5.28. The van der Waals surface area contributed by atoms with Crippen LogP contribution >= 0.6 is 11.3 Å². The molecule has 4 nitrogen and oxygen atoms in total. The Morgan fingerprint density at radius 3 is 2.65 bits per heavy atom. The lowest BCUT2D eigenvalue weighted by Gasteiger charge is -2.08. The third-order valence-corrected chi connectivity index (χ3v) is 3.53. The van der Waals surface area contributed by atoms with Crippen LogP contribution in [0.25, 0.3) is 0 Å². The molecule has 96 valence electrons.